The Bertz CT molecular complexity index is 260. The number of hydrogen-bond donors (Lipinski definition) is 0. The Balaban J connectivity index is 1.50. The van der Waals surface area contributed by atoms with E-state index in [1.165, 1.54) is 70.6 Å². The fourth-order valence-corrected chi connectivity index (χ4v) is 5.02. The molecule has 2 heteroatoms. The normalized spacial score (nSPS) is 41.1. The lowest BCUT2D eigenvalue weighted by Gasteiger charge is -2.33. The highest BCUT2D eigenvalue weighted by atomic mass is 79.9. The third-order valence-electron chi connectivity index (χ3n) is 5.18. The molecular weight excluding hydrogens is 276 g/mol. The molecule has 98 valence electrons. The molecule has 1 saturated heterocycles. The monoisotopic (exact) mass is 300 g/mol. The smallest absolute Gasteiger partial charge is 0.0687 e. The predicted molar refractivity (Wildman–Crippen MR) is 74.6 cm³/mol. The number of rotatable bonds is 2. The predicted octanol–water partition coefficient (Wildman–Crippen LogP) is 4.82. The molecule has 3 atom stereocenters. The summed E-state index contributed by atoms with van der Waals surface area (Å²) >= 11 is 3.76. The third-order valence-corrected chi connectivity index (χ3v) is 6.01. The van der Waals surface area contributed by atoms with Crippen LogP contribution < -0.4 is 0 Å². The van der Waals surface area contributed by atoms with Gasteiger partial charge in [-0.15, -0.1) is 0 Å². The third kappa shape index (κ3) is 2.89. The number of alkyl halides is 1. The summed E-state index contributed by atoms with van der Waals surface area (Å²) in [6, 6.07) is 0. The summed E-state index contributed by atoms with van der Waals surface area (Å²) in [5.74, 6) is 0.933. The summed E-state index contributed by atoms with van der Waals surface area (Å²) in [6.07, 6.45) is 15.7. The van der Waals surface area contributed by atoms with E-state index in [2.05, 4.69) is 15.9 Å². The van der Waals surface area contributed by atoms with Gasteiger partial charge in [0.2, 0.25) is 0 Å². The zero-order chi connectivity index (χ0) is 11.7. The van der Waals surface area contributed by atoms with Gasteiger partial charge in [0, 0.05) is 4.83 Å². The zero-order valence-electron chi connectivity index (χ0n) is 10.8. The van der Waals surface area contributed by atoms with Crippen LogP contribution in [0.2, 0.25) is 0 Å². The van der Waals surface area contributed by atoms with Crippen LogP contribution in [0.15, 0.2) is 0 Å². The van der Waals surface area contributed by atoms with Crippen molar-refractivity contribution in [3.63, 3.8) is 0 Å². The Morgan fingerprint density at radius 1 is 1.00 bits per heavy atom. The fourth-order valence-electron chi connectivity index (χ4n) is 4.23. The molecule has 1 heterocycles. The minimum Gasteiger partial charge on any atom is -0.372 e. The van der Waals surface area contributed by atoms with Gasteiger partial charge in [-0.2, -0.15) is 0 Å². The number of halogens is 1. The van der Waals surface area contributed by atoms with Crippen LogP contribution in [0.3, 0.4) is 0 Å². The van der Waals surface area contributed by atoms with E-state index < -0.39 is 0 Å². The lowest BCUT2D eigenvalue weighted by atomic mass is 9.83. The summed E-state index contributed by atoms with van der Waals surface area (Å²) in [7, 11) is 0. The van der Waals surface area contributed by atoms with Gasteiger partial charge in [0.15, 0.2) is 0 Å². The Morgan fingerprint density at radius 3 is 2.53 bits per heavy atom. The first kappa shape index (κ1) is 12.5. The maximum atomic E-state index is 6.47. The average molecular weight is 301 g/mol. The second-order valence-electron chi connectivity index (χ2n) is 6.53. The highest BCUT2D eigenvalue weighted by molar-refractivity contribution is 9.09. The summed E-state index contributed by atoms with van der Waals surface area (Å²) in [6.45, 7) is 0. The van der Waals surface area contributed by atoms with Gasteiger partial charge in [0.1, 0.15) is 0 Å². The van der Waals surface area contributed by atoms with Gasteiger partial charge in [0.25, 0.3) is 0 Å². The van der Waals surface area contributed by atoms with Crippen molar-refractivity contribution in [2.24, 2.45) is 5.92 Å². The molecule has 1 spiro atoms. The van der Waals surface area contributed by atoms with E-state index in [9.17, 15) is 0 Å². The van der Waals surface area contributed by atoms with Crippen molar-refractivity contribution in [2.45, 2.75) is 87.2 Å². The molecule has 0 amide bonds. The molecule has 3 unspecified atom stereocenters. The quantitative estimate of drug-likeness (QED) is 0.664. The molecule has 0 N–H and O–H groups in total. The Kier molecular flexibility index (Phi) is 3.82. The molecule has 2 aliphatic carbocycles. The molecule has 3 fully saturated rings. The van der Waals surface area contributed by atoms with Crippen LogP contribution in [0.25, 0.3) is 0 Å². The van der Waals surface area contributed by atoms with E-state index in [1.807, 2.05) is 0 Å². The molecule has 3 rings (SSSR count). The lowest BCUT2D eigenvalue weighted by molar-refractivity contribution is -0.0695. The molecular formula is C15H25BrO. The zero-order valence-corrected chi connectivity index (χ0v) is 12.4. The van der Waals surface area contributed by atoms with Crippen molar-refractivity contribution >= 4 is 15.9 Å². The minimum atomic E-state index is 0.329. The van der Waals surface area contributed by atoms with Gasteiger partial charge in [-0.1, -0.05) is 35.2 Å². The van der Waals surface area contributed by atoms with Crippen molar-refractivity contribution in [1.82, 2.24) is 0 Å². The highest BCUT2D eigenvalue weighted by Gasteiger charge is 2.41. The van der Waals surface area contributed by atoms with Gasteiger partial charge in [0.05, 0.1) is 11.7 Å². The van der Waals surface area contributed by atoms with E-state index in [1.54, 1.807) is 0 Å². The SMILES string of the molecule is BrC1CCC(CC2CCC3(CCCCC3)O2)C1. The first-order valence-electron chi connectivity index (χ1n) is 7.58. The highest BCUT2D eigenvalue weighted by Crippen LogP contribution is 2.44. The van der Waals surface area contributed by atoms with Gasteiger partial charge in [-0.3, -0.25) is 0 Å². The summed E-state index contributed by atoms with van der Waals surface area (Å²) in [5, 5.41) is 0. The molecule has 3 aliphatic rings. The summed E-state index contributed by atoms with van der Waals surface area (Å²) in [4.78, 5) is 0.789. The van der Waals surface area contributed by atoms with Crippen LogP contribution in [-0.2, 0) is 4.74 Å². The van der Waals surface area contributed by atoms with Crippen molar-refractivity contribution in [1.29, 1.82) is 0 Å². The van der Waals surface area contributed by atoms with E-state index in [-0.39, 0.29) is 0 Å². The summed E-state index contributed by atoms with van der Waals surface area (Å²) in [5.41, 5.74) is 0.329. The first-order chi connectivity index (χ1) is 8.26. The number of ether oxygens (including phenoxy) is 1. The second-order valence-corrected chi connectivity index (χ2v) is 7.83. The maximum Gasteiger partial charge on any atom is 0.0687 e. The first-order valence-corrected chi connectivity index (χ1v) is 8.49. The van der Waals surface area contributed by atoms with Crippen LogP contribution in [0, 0.1) is 5.92 Å². The van der Waals surface area contributed by atoms with Crippen molar-refractivity contribution < 1.29 is 4.74 Å². The van der Waals surface area contributed by atoms with Gasteiger partial charge >= 0.3 is 0 Å². The molecule has 0 aromatic carbocycles. The number of hydrogen-bond acceptors (Lipinski definition) is 1. The van der Waals surface area contributed by atoms with Crippen molar-refractivity contribution in [3.05, 3.63) is 0 Å². The van der Waals surface area contributed by atoms with Gasteiger partial charge < -0.3 is 4.74 Å². The molecule has 0 bridgehead atoms. The van der Waals surface area contributed by atoms with Gasteiger partial charge in [-0.05, 0) is 57.3 Å². The maximum absolute atomic E-state index is 6.47. The standard InChI is InChI=1S/C15H25BrO/c16-13-5-4-12(10-13)11-14-6-9-15(17-14)7-2-1-3-8-15/h12-14H,1-11H2. The van der Waals surface area contributed by atoms with E-state index >= 15 is 0 Å². The van der Waals surface area contributed by atoms with Crippen LogP contribution in [0.1, 0.15) is 70.6 Å². The molecule has 17 heavy (non-hydrogen) atoms. The largest absolute Gasteiger partial charge is 0.372 e. The average Bonchev–Trinajstić information content (AvgIpc) is 2.89. The van der Waals surface area contributed by atoms with Crippen LogP contribution >= 0.6 is 15.9 Å². The molecule has 0 radical (unpaired) electrons. The molecule has 2 saturated carbocycles. The Hall–Kier alpha value is 0.440. The van der Waals surface area contributed by atoms with Crippen LogP contribution in [0.4, 0.5) is 0 Å². The van der Waals surface area contributed by atoms with Crippen LogP contribution in [-0.4, -0.2) is 16.5 Å². The van der Waals surface area contributed by atoms with E-state index in [0.717, 1.165) is 10.7 Å². The minimum absolute atomic E-state index is 0.329. The second kappa shape index (κ2) is 5.21. The van der Waals surface area contributed by atoms with Crippen LogP contribution in [0.5, 0.6) is 0 Å². The van der Waals surface area contributed by atoms with E-state index in [0.29, 0.717) is 11.7 Å². The Morgan fingerprint density at radius 2 is 1.82 bits per heavy atom. The lowest BCUT2D eigenvalue weighted by Crippen LogP contribution is -2.32. The topological polar surface area (TPSA) is 9.23 Å². The summed E-state index contributed by atoms with van der Waals surface area (Å²) < 4.78 is 6.47. The molecule has 0 aromatic heterocycles. The molecule has 0 aromatic rings. The Labute approximate surface area is 114 Å². The van der Waals surface area contributed by atoms with Gasteiger partial charge in [-0.25, -0.2) is 0 Å². The molecule has 1 aliphatic heterocycles. The fraction of sp³-hybridized carbons (Fsp3) is 1.00. The van der Waals surface area contributed by atoms with Crippen molar-refractivity contribution in [3.8, 4) is 0 Å². The molecule has 1 nitrogen and oxygen atoms in total. The van der Waals surface area contributed by atoms with Crippen molar-refractivity contribution in [2.75, 3.05) is 0 Å². The van der Waals surface area contributed by atoms with E-state index in [4.69, 9.17) is 4.74 Å².